The van der Waals surface area contributed by atoms with Gasteiger partial charge in [-0.25, -0.2) is 0 Å². The maximum atomic E-state index is 5.07. The summed E-state index contributed by atoms with van der Waals surface area (Å²) in [5.74, 6) is 5.07. The standard InChI is InChI=1S/C4H7BrN4/c5-3-1-8-9-4(3)2-7-6/h1,7H,2,6H2,(H,8,9). The summed E-state index contributed by atoms with van der Waals surface area (Å²) >= 11 is 3.28. The Kier molecular flexibility index (Phi) is 2.21. The van der Waals surface area contributed by atoms with Crippen molar-refractivity contribution in [1.82, 2.24) is 15.6 Å². The average Bonchev–Trinajstić information content (AvgIpc) is 2.18. The first-order valence-electron chi connectivity index (χ1n) is 2.46. The van der Waals surface area contributed by atoms with Gasteiger partial charge in [-0.15, -0.1) is 0 Å². The normalized spacial score (nSPS) is 10.0. The molecule has 1 aromatic rings. The fraction of sp³-hybridized carbons (Fsp3) is 0.250. The van der Waals surface area contributed by atoms with E-state index in [1.165, 1.54) is 0 Å². The molecule has 0 aliphatic heterocycles. The van der Waals surface area contributed by atoms with Gasteiger partial charge in [0.15, 0.2) is 0 Å². The third kappa shape index (κ3) is 1.51. The Labute approximate surface area is 60.9 Å². The molecule has 0 radical (unpaired) electrons. The number of nitrogens with two attached hydrogens (primary N) is 1. The summed E-state index contributed by atoms with van der Waals surface area (Å²) in [6.45, 7) is 0.598. The monoisotopic (exact) mass is 190 g/mol. The van der Waals surface area contributed by atoms with Gasteiger partial charge in [-0.1, -0.05) is 0 Å². The van der Waals surface area contributed by atoms with E-state index >= 15 is 0 Å². The lowest BCUT2D eigenvalue weighted by molar-refractivity contribution is 0.717. The summed E-state index contributed by atoms with van der Waals surface area (Å²) < 4.78 is 0.945. The van der Waals surface area contributed by atoms with Gasteiger partial charge in [0.25, 0.3) is 0 Å². The van der Waals surface area contributed by atoms with Crippen molar-refractivity contribution in [3.8, 4) is 0 Å². The predicted molar refractivity (Wildman–Crippen MR) is 37.3 cm³/mol. The number of aromatic nitrogens is 2. The number of aromatic amines is 1. The second-order valence-corrected chi connectivity index (χ2v) is 2.43. The fourth-order valence-corrected chi connectivity index (χ4v) is 0.855. The third-order valence-corrected chi connectivity index (χ3v) is 1.63. The van der Waals surface area contributed by atoms with Gasteiger partial charge in [-0.2, -0.15) is 5.10 Å². The highest BCUT2D eigenvalue weighted by Crippen LogP contribution is 2.11. The SMILES string of the molecule is NNCc1[nH]ncc1Br. The molecule has 4 nitrogen and oxygen atoms in total. The molecular formula is C4H7BrN4. The Balaban J connectivity index is 2.69. The largest absolute Gasteiger partial charge is 0.280 e. The second kappa shape index (κ2) is 2.95. The molecule has 0 amide bonds. The van der Waals surface area contributed by atoms with Crippen LogP contribution in [-0.2, 0) is 6.54 Å². The van der Waals surface area contributed by atoms with Crippen molar-refractivity contribution in [2.75, 3.05) is 0 Å². The molecule has 0 aliphatic rings. The van der Waals surface area contributed by atoms with Gasteiger partial charge in [0.2, 0.25) is 0 Å². The molecular weight excluding hydrogens is 184 g/mol. The smallest absolute Gasteiger partial charge is 0.0646 e. The van der Waals surface area contributed by atoms with Gasteiger partial charge < -0.3 is 0 Å². The van der Waals surface area contributed by atoms with Crippen LogP contribution in [0, 0.1) is 0 Å². The third-order valence-electron chi connectivity index (χ3n) is 0.945. The van der Waals surface area contributed by atoms with Crippen LogP contribution in [0.2, 0.25) is 0 Å². The minimum Gasteiger partial charge on any atom is -0.280 e. The molecule has 9 heavy (non-hydrogen) atoms. The minimum atomic E-state index is 0.598. The van der Waals surface area contributed by atoms with Gasteiger partial charge in [0.05, 0.1) is 22.9 Å². The summed E-state index contributed by atoms with van der Waals surface area (Å²) in [5, 5.41) is 6.54. The number of nitrogens with zero attached hydrogens (tertiary/aromatic N) is 1. The number of hydrogen-bond donors (Lipinski definition) is 3. The number of halogens is 1. The molecule has 50 valence electrons. The molecule has 0 fully saturated rings. The highest BCUT2D eigenvalue weighted by molar-refractivity contribution is 9.10. The van der Waals surface area contributed by atoms with Gasteiger partial charge >= 0.3 is 0 Å². The average molecular weight is 191 g/mol. The molecule has 0 spiro atoms. The Bertz CT molecular complexity index is 184. The summed E-state index contributed by atoms with van der Waals surface area (Å²) in [6.07, 6.45) is 1.69. The second-order valence-electron chi connectivity index (χ2n) is 1.58. The lowest BCUT2D eigenvalue weighted by Gasteiger charge is -1.92. The summed E-state index contributed by atoms with van der Waals surface area (Å²) in [4.78, 5) is 0. The van der Waals surface area contributed by atoms with Crippen molar-refractivity contribution in [2.45, 2.75) is 6.54 Å². The van der Waals surface area contributed by atoms with Crippen LogP contribution in [0.4, 0.5) is 0 Å². The highest BCUT2D eigenvalue weighted by atomic mass is 79.9. The number of rotatable bonds is 2. The molecule has 0 aliphatic carbocycles. The number of hydrogen-bond acceptors (Lipinski definition) is 3. The lowest BCUT2D eigenvalue weighted by Crippen LogP contribution is -2.21. The Morgan fingerprint density at radius 3 is 3.11 bits per heavy atom. The maximum absolute atomic E-state index is 5.07. The maximum Gasteiger partial charge on any atom is 0.0646 e. The molecule has 0 saturated carbocycles. The van der Waals surface area contributed by atoms with Crippen LogP contribution in [-0.4, -0.2) is 10.2 Å². The Morgan fingerprint density at radius 1 is 1.89 bits per heavy atom. The van der Waals surface area contributed by atoms with Crippen molar-refractivity contribution in [2.24, 2.45) is 5.84 Å². The number of nitrogens with one attached hydrogen (secondary N) is 2. The van der Waals surface area contributed by atoms with Crippen LogP contribution in [0.3, 0.4) is 0 Å². The first-order valence-corrected chi connectivity index (χ1v) is 3.25. The van der Waals surface area contributed by atoms with Crippen LogP contribution < -0.4 is 11.3 Å². The van der Waals surface area contributed by atoms with E-state index in [2.05, 4.69) is 31.6 Å². The van der Waals surface area contributed by atoms with Crippen molar-refractivity contribution in [3.05, 3.63) is 16.4 Å². The zero-order valence-electron chi connectivity index (χ0n) is 4.69. The molecule has 1 aromatic heterocycles. The summed E-state index contributed by atoms with van der Waals surface area (Å²) in [6, 6.07) is 0. The summed E-state index contributed by atoms with van der Waals surface area (Å²) in [7, 11) is 0. The topological polar surface area (TPSA) is 66.7 Å². The highest BCUT2D eigenvalue weighted by Gasteiger charge is 1.97. The molecule has 1 rings (SSSR count). The molecule has 4 N–H and O–H groups in total. The summed E-state index contributed by atoms with van der Waals surface area (Å²) in [5.41, 5.74) is 3.47. The van der Waals surface area contributed by atoms with E-state index in [1.807, 2.05) is 0 Å². The molecule has 0 aromatic carbocycles. The van der Waals surface area contributed by atoms with Crippen molar-refractivity contribution in [1.29, 1.82) is 0 Å². The van der Waals surface area contributed by atoms with E-state index in [-0.39, 0.29) is 0 Å². The van der Waals surface area contributed by atoms with Gasteiger partial charge in [-0.3, -0.25) is 16.4 Å². The Morgan fingerprint density at radius 2 is 2.67 bits per heavy atom. The molecule has 0 saturated heterocycles. The zero-order chi connectivity index (χ0) is 6.69. The fourth-order valence-electron chi connectivity index (χ4n) is 0.524. The van der Waals surface area contributed by atoms with E-state index in [0.717, 1.165) is 10.2 Å². The molecule has 1 heterocycles. The molecule has 0 bridgehead atoms. The van der Waals surface area contributed by atoms with Gasteiger partial charge in [0, 0.05) is 0 Å². The van der Waals surface area contributed by atoms with Crippen LogP contribution in [0.5, 0.6) is 0 Å². The van der Waals surface area contributed by atoms with Crippen LogP contribution in [0.15, 0.2) is 10.7 Å². The number of hydrazine groups is 1. The minimum absolute atomic E-state index is 0.598. The van der Waals surface area contributed by atoms with E-state index < -0.39 is 0 Å². The van der Waals surface area contributed by atoms with Gasteiger partial charge in [0.1, 0.15) is 0 Å². The molecule has 5 heteroatoms. The van der Waals surface area contributed by atoms with Crippen molar-refractivity contribution >= 4 is 15.9 Å². The quantitative estimate of drug-likeness (QED) is 0.460. The first-order chi connectivity index (χ1) is 4.34. The lowest BCUT2D eigenvalue weighted by atomic mass is 10.4. The van der Waals surface area contributed by atoms with Crippen molar-refractivity contribution < 1.29 is 0 Å². The molecule has 0 unspecified atom stereocenters. The molecule has 0 atom stereocenters. The van der Waals surface area contributed by atoms with E-state index in [1.54, 1.807) is 6.20 Å². The number of H-pyrrole nitrogens is 1. The van der Waals surface area contributed by atoms with E-state index in [9.17, 15) is 0 Å². The van der Waals surface area contributed by atoms with Crippen LogP contribution >= 0.6 is 15.9 Å². The van der Waals surface area contributed by atoms with Crippen molar-refractivity contribution in [3.63, 3.8) is 0 Å². The van der Waals surface area contributed by atoms with Crippen LogP contribution in [0.1, 0.15) is 5.69 Å². The van der Waals surface area contributed by atoms with E-state index in [4.69, 9.17) is 5.84 Å². The van der Waals surface area contributed by atoms with Crippen LogP contribution in [0.25, 0.3) is 0 Å². The van der Waals surface area contributed by atoms with E-state index in [0.29, 0.717) is 6.54 Å². The first kappa shape index (κ1) is 6.73. The zero-order valence-corrected chi connectivity index (χ0v) is 6.27. The Hall–Kier alpha value is -0.390. The predicted octanol–water partition coefficient (Wildman–Crippen LogP) is 0.135. The van der Waals surface area contributed by atoms with Gasteiger partial charge in [-0.05, 0) is 15.9 Å².